The van der Waals surface area contributed by atoms with Crippen LogP contribution in [0.1, 0.15) is 59.3 Å². The Hall–Kier alpha value is -0.0800. The molecule has 2 atom stereocenters. The molecule has 102 valence electrons. The van der Waals surface area contributed by atoms with Gasteiger partial charge in [-0.05, 0) is 63.6 Å². The molecule has 2 unspecified atom stereocenters. The molecule has 1 rings (SSSR count). The fourth-order valence-electron chi connectivity index (χ4n) is 3.16. The van der Waals surface area contributed by atoms with Crippen LogP contribution in [0.3, 0.4) is 0 Å². The molecule has 0 bridgehead atoms. The Bertz CT molecular complexity index is 191. The van der Waals surface area contributed by atoms with E-state index in [2.05, 4.69) is 25.7 Å². The van der Waals surface area contributed by atoms with E-state index in [9.17, 15) is 0 Å². The second kappa shape index (κ2) is 8.10. The fraction of sp³-hybridized carbons (Fsp3) is 1.00. The zero-order valence-corrected chi connectivity index (χ0v) is 12.1. The minimum absolute atomic E-state index is 0.731. The van der Waals surface area contributed by atoms with E-state index in [0.717, 1.165) is 24.4 Å². The molecule has 0 aromatic heterocycles. The Kier molecular flexibility index (Phi) is 7.14. The number of nitrogens with zero attached hydrogens (tertiary/aromatic N) is 1. The van der Waals surface area contributed by atoms with Crippen LogP contribution in [-0.2, 0) is 0 Å². The largest absolute Gasteiger partial charge is 0.330 e. The predicted octanol–water partition coefficient (Wildman–Crippen LogP) is 3.26. The molecule has 0 spiro atoms. The number of nitrogens with two attached hydrogens (primary N) is 1. The molecule has 2 heteroatoms. The van der Waals surface area contributed by atoms with Gasteiger partial charge in [-0.15, -0.1) is 0 Å². The number of rotatable bonds is 7. The monoisotopic (exact) mass is 240 g/mol. The minimum atomic E-state index is 0.731. The minimum Gasteiger partial charge on any atom is -0.330 e. The van der Waals surface area contributed by atoms with Gasteiger partial charge in [-0.3, -0.25) is 0 Å². The van der Waals surface area contributed by atoms with Gasteiger partial charge in [0.25, 0.3) is 0 Å². The summed E-state index contributed by atoms with van der Waals surface area (Å²) in [5.41, 5.74) is 5.89. The van der Waals surface area contributed by atoms with Gasteiger partial charge in [0.05, 0.1) is 0 Å². The molecule has 1 aliphatic rings. The van der Waals surface area contributed by atoms with Gasteiger partial charge in [-0.2, -0.15) is 0 Å². The summed E-state index contributed by atoms with van der Waals surface area (Å²) in [6.07, 6.45) is 8.15. The van der Waals surface area contributed by atoms with Crippen LogP contribution in [0.4, 0.5) is 0 Å². The molecule has 0 aromatic rings. The molecule has 0 aliphatic carbocycles. The van der Waals surface area contributed by atoms with E-state index in [1.165, 1.54) is 51.6 Å². The summed E-state index contributed by atoms with van der Waals surface area (Å²) in [5, 5.41) is 0. The summed E-state index contributed by atoms with van der Waals surface area (Å²) in [4.78, 5) is 2.71. The van der Waals surface area contributed by atoms with Crippen molar-refractivity contribution in [1.82, 2.24) is 4.90 Å². The van der Waals surface area contributed by atoms with Crippen molar-refractivity contribution in [2.45, 2.75) is 65.3 Å². The number of likely N-dealkylation sites (tertiary alicyclic amines) is 1. The Morgan fingerprint density at radius 3 is 2.65 bits per heavy atom. The molecule has 0 radical (unpaired) electrons. The Morgan fingerprint density at radius 1 is 1.29 bits per heavy atom. The normalized spacial score (nSPS) is 24.2. The van der Waals surface area contributed by atoms with E-state index in [0.29, 0.717) is 0 Å². The third-order valence-corrected chi connectivity index (χ3v) is 4.18. The van der Waals surface area contributed by atoms with Crippen molar-refractivity contribution in [2.24, 2.45) is 17.6 Å². The lowest BCUT2D eigenvalue weighted by atomic mass is 9.93. The van der Waals surface area contributed by atoms with Crippen molar-refractivity contribution in [1.29, 1.82) is 0 Å². The van der Waals surface area contributed by atoms with Gasteiger partial charge in [0.2, 0.25) is 0 Å². The fourth-order valence-corrected chi connectivity index (χ4v) is 3.16. The van der Waals surface area contributed by atoms with Crippen molar-refractivity contribution in [2.75, 3.05) is 19.6 Å². The van der Waals surface area contributed by atoms with Crippen LogP contribution in [0.5, 0.6) is 0 Å². The second-order valence-electron chi connectivity index (χ2n) is 6.11. The first kappa shape index (κ1) is 15.0. The number of hydrogen-bond acceptors (Lipinski definition) is 2. The van der Waals surface area contributed by atoms with Crippen molar-refractivity contribution in [3.63, 3.8) is 0 Å². The second-order valence-corrected chi connectivity index (χ2v) is 6.11. The predicted molar refractivity (Wildman–Crippen MR) is 76.1 cm³/mol. The first-order chi connectivity index (χ1) is 8.17. The van der Waals surface area contributed by atoms with Gasteiger partial charge >= 0.3 is 0 Å². The highest BCUT2D eigenvalue weighted by molar-refractivity contribution is 4.77. The Balaban J connectivity index is 2.31. The van der Waals surface area contributed by atoms with E-state index in [4.69, 9.17) is 5.73 Å². The van der Waals surface area contributed by atoms with Crippen LogP contribution >= 0.6 is 0 Å². The third-order valence-electron chi connectivity index (χ3n) is 4.18. The molecular weight excluding hydrogens is 208 g/mol. The summed E-state index contributed by atoms with van der Waals surface area (Å²) in [6, 6.07) is 0.848. The van der Waals surface area contributed by atoms with Gasteiger partial charge < -0.3 is 10.6 Å². The lowest BCUT2D eigenvalue weighted by Crippen LogP contribution is -2.40. The van der Waals surface area contributed by atoms with Crippen molar-refractivity contribution in [3.8, 4) is 0 Å². The standard InChI is InChI=1S/C15H32N2/c1-4-15-7-5-6-9-17(15)10-8-14(12-16)11-13(2)3/h13-15H,4-12,16H2,1-3H3. The summed E-state index contributed by atoms with van der Waals surface area (Å²) < 4.78 is 0. The molecule has 1 fully saturated rings. The topological polar surface area (TPSA) is 29.3 Å². The van der Waals surface area contributed by atoms with E-state index in [-0.39, 0.29) is 0 Å². The van der Waals surface area contributed by atoms with Crippen LogP contribution in [0.25, 0.3) is 0 Å². The highest BCUT2D eigenvalue weighted by atomic mass is 15.2. The Labute approximate surface area is 108 Å². The highest BCUT2D eigenvalue weighted by Crippen LogP contribution is 2.22. The van der Waals surface area contributed by atoms with Crippen LogP contribution in [0, 0.1) is 11.8 Å². The van der Waals surface area contributed by atoms with Crippen LogP contribution in [-0.4, -0.2) is 30.6 Å². The smallest absolute Gasteiger partial charge is 0.00926 e. The molecule has 1 aliphatic heterocycles. The van der Waals surface area contributed by atoms with Gasteiger partial charge in [0.15, 0.2) is 0 Å². The van der Waals surface area contributed by atoms with Crippen LogP contribution in [0.2, 0.25) is 0 Å². The quantitative estimate of drug-likeness (QED) is 0.740. The first-order valence-corrected chi connectivity index (χ1v) is 7.61. The lowest BCUT2D eigenvalue weighted by Gasteiger charge is -2.36. The van der Waals surface area contributed by atoms with Gasteiger partial charge in [0.1, 0.15) is 0 Å². The van der Waals surface area contributed by atoms with Gasteiger partial charge in [-0.1, -0.05) is 27.2 Å². The molecule has 1 saturated heterocycles. The van der Waals surface area contributed by atoms with Gasteiger partial charge in [-0.25, -0.2) is 0 Å². The zero-order chi connectivity index (χ0) is 12.7. The maximum absolute atomic E-state index is 5.89. The van der Waals surface area contributed by atoms with E-state index in [1.54, 1.807) is 0 Å². The third kappa shape index (κ3) is 5.39. The van der Waals surface area contributed by atoms with Gasteiger partial charge in [0, 0.05) is 6.04 Å². The molecule has 0 amide bonds. The van der Waals surface area contributed by atoms with E-state index < -0.39 is 0 Å². The summed E-state index contributed by atoms with van der Waals surface area (Å²) in [6.45, 7) is 10.4. The highest BCUT2D eigenvalue weighted by Gasteiger charge is 2.21. The molecule has 0 aromatic carbocycles. The molecule has 2 nitrogen and oxygen atoms in total. The van der Waals surface area contributed by atoms with E-state index >= 15 is 0 Å². The Morgan fingerprint density at radius 2 is 2.06 bits per heavy atom. The average molecular weight is 240 g/mol. The molecule has 2 N–H and O–H groups in total. The molecule has 1 heterocycles. The summed E-state index contributed by atoms with van der Waals surface area (Å²) >= 11 is 0. The molecular formula is C15H32N2. The van der Waals surface area contributed by atoms with Crippen LogP contribution in [0.15, 0.2) is 0 Å². The first-order valence-electron chi connectivity index (χ1n) is 7.61. The SMILES string of the molecule is CCC1CCCCN1CCC(CN)CC(C)C. The lowest BCUT2D eigenvalue weighted by molar-refractivity contribution is 0.133. The number of piperidine rings is 1. The van der Waals surface area contributed by atoms with E-state index in [1.807, 2.05) is 0 Å². The van der Waals surface area contributed by atoms with Crippen molar-refractivity contribution in [3.05, 3.63) is 0 Å². The number of hydrogen-bond donors (Lipinski definition) is 1. The molecule has 17 heavy (non-hydrogen) atoms. The van der Waals surface area contributed by atoms with Crippen LogP contribution < -0.4 is 5.73 Å². The summed E-state index contributed by atoms with van der Waals surface area (Å²) in [5.74, 6) is 1.52. The maximum Gasteiger partial charge on any atom is 0.00926 e. The van der Waals surface area contributed by atoms with Crippen molar-refractivity contribution >= 4 is 0 Å². The summed E-state index contributed by atoms with van der Waals surface area (Å²) in [7, 11) is 0. The molecule has 0 saturated carbocycles. The zero-order valence-electron chi connectivity index (χ0n) is 12.1. The van der Waals surface area contributed by atoms with Crippen molar-refractivity contribution < 1.29 is 0 Å². The maximum atomic E-state index is 5.89. The average Bonchev–Trinajstić information content (AvgIpc) is 2.34.